The van der Waals surface area contributed by atoms with Crippen molar-refractivity contribution < 1.29 is 9.59 Å². The summed E-state index contributed by atoms with van der Waals surface area (Å²) in [7, 11) is 0. The number of carbonyl (C=O) groups is 2. The molecule has 150 valence electrons. The van der Waals surface area contributed by atoms with Crippen LogP contribution in [0, 0.1) is 6.92 Å². The molecule has 2 amide bonds. The lowest BCUT2D eigenvalue weighted by atomic mass is 10.1. The van der Waals surface area contributed by atoms with Gasteiger partial charge in [-0.3, -0.25) is 9.59 Å². The number of nitrogens with zero attached hydrogens (tertiary/aromatic N) is 1. The van der Waals surface area contributed by atoms with Crippen LogP contribution in [0.5, 0.6) is 0 Å². The number of aryl methyl sites for hydroxylation is 1. The molecule has 0 fully saturated rings. The van der Waals surface area contributed by atoms with Crippen molar-refractivity contribution in [2.45, 2.75) is 52.7 Å². The number of benzene rings is 2. The van der Waals surface area contributed by atoms with E-state index in [9.17, 15) is 9.59 Å². The Hall–Kier alpha value is -2.04. The zero-order chi connectivity index (χ0) is 20.8. The molecule has 0 unspecified atom stereocenters. The Bertz CT molecular complexity index is 852. The maximum absolute atomic E-state index is 13.1. The van der Waals surface area contributed by atoms with Crippen molar-refractivity contribution in [2.24, 2.45) is 0 Å². The maximum Gasteiger partial charge on any atom is 0.242 e. The van der Waals surface area contributed by atoms with Crippen molar-refractivity contribution in [3.05, 3.63) is 69.2 Å². The molecule has 0 spiro atoms. The first-order chi connectivity index (χ1) is 13.2. The van der Waals surface area contributed by atoms with Gasteiger partial charge in [0.25, 0.3) is 0 Å². The highest BCUT2D eigenvalue weighted by Crippen LogP contribution is 2.23. The van der Waals surface area contributed by atoms with Gasteiger partial charge in [0.15, 0.2) is 0 Å². The van der Waals surface area contributed by atoms with Gasteiger partial charge in [-0.15, -0.1) is 0 Å². The second-order valence-corrected chi connectivity index (χ2v) is 8.11. The van der Waals surface area contributed by atoms with Crippen molar-refractivity contribution >= 4 is 35.0 Å². The molecular formula is C22H26Cl2N2O2. The molecular weight excluding hydrogens is 395 g/mol. The number of hydrogen-bond donors (Lipinski definition) is 1. The lowest BCUT2D eigenvalue weighted by Crippen LogP contribution is -2.49. The van der Waals surface area contributed by atoms with Crippen LogP contribution in [-0.2, 0) is 22.6 Å². The minimum Gasteiger partial charge on any atom is -0.352 e. The molecule has 2 aromatic rings. The van der Waals surface area contributed by atoms with E-state index < -0.39 is 6.04 Å². The number of hydrogen-bond acceptors (Lipinski definition) is 2. The van der Waals surface area contributed by atoms with E-state index in [2.05, 4.69) is 5.32 Å². The molecule has 0 saturated carbocycles. The molecule has 0 bridgehead atoms. The molecule has 1 atom stereocenters. The van der Waals surface area contributed by atoms with Gasteiger partial charge < -0.3 is 10.2 Å². The zero-order valence-corrected chi connectivity index (χ0v) is 18.1. The number of nitrogens with one attached hydrogen (secondary N) is 1. The van der Waals surface area contributed by atoms with Crippen LogP contribution < -0.4 is 5.32 Å². The van der Waals surface area contributed by atoms with Gasteiger partial charge in [0.2, 0.25) is 11.8 Å². The highest BCUT2D eigenvalue weighted by Gasteiger charge is 2.27. The van der Waals surface area contributed by atoms with Gasteiger partial charge in [-0.05, 0) is 51.0 Å². The predicted octanol–water partition coefficient (Wildman–Crippen LogP) is 4.79. The van der Waals surface area contributed by atoms with E-state index in [4.69, 9.17) is 23.2 Å². The van der Waals surface area contributed by atoms with Gasteiger partial charge in [0, 0.05) is 22.6 Å². The first kappa shape index (κ1) is 22.3. The van der Waals surface area contributed by atoms with Gasteiger partial charge in [-0.2, -0.15) is 0 Å². The summed E-state index contributed by atoms with van der Waals surface area (Å²) < 4.78 is 0. The van der Waals surface area contributed by atoms with Crippen molar-refractivity contribution in [3.63, 3.8) is 0 Å². The van der Waals surface area contributed by atoms with E-state index in [-0.39, 0.29) is 24.3 Å². The zero-order valence-electron chi connectivity index (χ0n) is 16.6. The summed E-state index contributed by atoms with van der Waals surface area (Å²) in [6.45, 7) is 7.88. The summed E-state index contributed by atoms with van der Waals surface area (Å²) in [5, 5.41) is 3.84. The molecule has 0 saturated heterocycles. The highest BCUT2D eigenvalue weighted by molar-refractivity contribution is 6.35. The lowest BCUT2D eigenvalue weighted by molar-refractivity contribution is -0.140. The Labute approximate surface area is 176 Å². The molecule has 4 nitrogen and oxygen atoms in total. The molecule has 2 aromatic carbocycles. The quantitative estimate of drug-likeness (QED) is 0.699. The summed E-state index contributed by atoms with van der Waals surface area (Å²) in [6.07, 6.45) is 0.0983. The van der Waals surface area contributed by atoms with Crippen LogP contribution in [0.2, 0.25) is 10.0 Å². The third-order valence-corrected chi connectivity index (χ3v) is 4.98. The molecule has 28 heavy (non-hydrogen) atoms. The summed E-state index contributed by atoms with van der Waals surface area (Å²) in [6, 6.07) is 12.4. The minimum absolute atomic E-state index is 0.00317. The Balaban J connectivity index is 2.27. The smallest absolute Gasteiger partial charge is 0.242 e. The Morgan fingerprint density at radius 2 is 1.79 bits per heavy atom. The summed E-state index contributed by atoms with van der Waals surface area (Å²) >= 11 is 12.2. The van der Waals surface area contributed by atoms with Gasteiger partial charge in [-0.1, -0.05) is 59.1 Å². The summed E-state index contributed by atoms with van der Waals surface area (Å²) in [5.41, 5.74) is 2.76. The van der Waals surface area contributed by atoms with Gasteiger partial charge in [-0.25, -0.2) is 0 Å². The van der Waals surface area contributed by atoms with Crippen LogP contribution in [0.4, 0.5) is 0 Å². The molecule has 0 radical (unpaired) electrons. The van der Waals surface area contributed by atoms with E-state index in [0.717, 1.165) is 11.1 Å². The molecule has 0 aliphatic rings. The SMILES string of the molecule is Cc1cccc(CN(C(=O)Cc2ccc(Cl)cc2Cl)[C@H](C)C(=O)NC(C)C)c1. The fraction of sp³-hybridized carbons (Fsp3) is 0.364. The fourth-order valence-electron chi connectivity index (χ4n) is 2.92. The average molecular weight is 421 g/mol. The summed E-state index contributed by atoms with van der Waals surface area (Å²) in [5.74, 6) is -0.352. The van der Waals surface area contributed by atoms with Crippen LogP contribution in [0.1, 0.15) is 37.5 Å². The topological polar surface area (TPSA) is 49.4 Å². The number of carbonyl (C=O) groups excluding carboxylic acids is 2. The first-order valence-electron chi connectivity index (χ1n) is 9.26. The number of rotatable bonds is 7. The van der Waals surface area contributed by atoms with Crippen LogP contribution in [-0.4, -0.2) is 28.8 Å². The molecule has 0 aromatic heterocycles. The molecule has 1 N–H and O–H groups in total. The normalized spacial score (nSPS) is 12.0. The monoisotopic (exact) mass is 420 g/mol. The van der Waals surface area contributed by atoms with Crippen LogP contribution >= 0.6 is 23.2 Å². The number of halogens is 2. The minimum atomic E-state index is -0.610. The third kappa shape index (κ3) is 6.25. The van der Waals surface area contributed by atoms with E-state index >= 15 is 0 Å². The van der Waals surface area contributed by atoms with Crippen molar-refractivity contribution in [1.29, 1.82) is 0 Å². The molecule has 0 aliphatic carbocycles. The predicted molar refractivity (Wildman–Crippen MR) is 115 cm³/mol. The Morgan fingerprint density at radius 1 is 1.07 bits per heavy atom. The van der Waals surface area contributed by atoms with Crippen LogP contribution in [0.15, 0.2) is 42.5 Å². The third-order valence-electron chi connectivity index (χ3n) is 4.39. The molecule has 0 heterocycles. The lowest BCUT2D eigenvalue weighted by Gasteiger charge is -2.29. The van der Waals surface area contributed by atoms with Crippen molar-refractivity contribution in [1.82, 2.24) is 10.2 Å². The average Bonchev–Trinajstić information content (AvgIpc) is 2.61. The second kappa shape index (κ2) is 9.94. The fourth-order valence-corrected chi connectivity index (χ4v) is 3.40. The molecule has 0 aliphatic heterocycles. The Morgan fingerprint density at radius 3 is 2.39 bits per heavy atom. The van der Waals surface area contributed by atoms with Gasteiger partial charge in [0.05, 0.1) is 6.42 Å². The first-order valence-corrected chi connectivity index (χ1v) is 10.0. The van der Waals surface area contributed by atoms with Gasteiger partial charge >= 0.3 is 0 Å². The van der Waals surface area contributed by atoms with Gasteiger partial charge in [0.1, 0.15) is 6.04 Å². The summed E-state index contributed by atoms with van der Waals surface area (Å²) in [4.78, 5) is 27.3. The van der Waals surface area contributed by atoms with Crippen molar-refractivity contribution in [2.75, 3.05) is 0 Å². The Kier molecular flexibility index (Phi) is 7.90. The largest absolute Gasteiger partial charge is 0.352 e. The van der Waals surface area contributed by atoms with Crippen LogP contribution in [0.25, 0.3) is 0 Å². The maximum atomic E-state index is 13.1. The van der Waals surface area contributed by atoms with E-state index in [1.165, 1.54) is 0 Å². The standard InChI is InChI=1S/C22H26Cl2N2O2/c1-14(2)25-22(28)16(4)26(13-17-7-5-6-15(3)10-17)21(27)11-18-8-9-19(23)12-20(18)24/h5-10,12,14,16H,11,13H2,1-4H3,(H,25,28)/t16-/m1/s1. The number of amides is 2. The highest BCUT2D eigenvalue weighted by atomic mass is 35.5. The van der Waals surface area contributed by atoms with E-state index in [1.807, 2.05) is 45.0 Å². The van der Waals surface area contributed by atoms with E-state index in [0.29, 0.717) is 22.2 Å². The second-order valence-electron chi connectivity index (χ2n) is 7.26. The van der Waals surface area contributed by atoms with Crippen LogP contribution in [0.3, 0.4) is 0 Å². The molecule has 6 heteroatoms. The van der Waals surface area contributed by atoms with E-state index in [1.54, 1.807) is 30.0 Å². The van der Waals surface area contributed by atoms with Crippen molar-refractivity contribution in [3.8, 4) is 0 Å². The molecule has 2 rings (SSSR count).